The van der Waals surface area contributed by atoms with Gasteiger partial charge in [0.1, 0.15) is 11.4 Å². The number of carbonyl (C=O) groups excluding carboxylic acids is 2. The lowest BCUT2D eigenvalue weighted by atomic mass is 9.93. The van der Waals surface area contributed by atoms with Crippen LogP contribution < -0.4 is 10.1 Å². The highest BCUT2D eigenvalue weighted by molar-refractivity contribution is 5.81. The third-order valence-electron chi connectivity index (χ3n) is 3.63. The van der Waals surface area contributed by atoms with Crippen molar-refractivity contribution in [2.24, 2.45) is 0 Å². The van der Waals surface area contributed by atoms with Gasteiger partial charge in [-0.3, -0.25) is 9.78 Å². The molecule has 0 bridgehead atoms. The molecule has 0 fully saturated rings. The van der Waals surface area contributed by atoms with Crippen LogP contribution >= 0.6 is 0 Å². The molecule has 1 aliphatic rings. The van der Waals surface area contributed by atoms with Crippen LogP contribution in [0.1, 0.15) is 50.0 Å². The van der Waals surface area contributed by atoms with E-state index >= 15 is 0 Å². The lowest BCUT2D eigenvalue weighted by molar-refractivity contribution is 0.0484. The van der Waals surface area contributed by atoms with E-state index in [4.69, 9.17) is 9.47 Å². The van der Waals surface area contributed by atoms with Gasteiger partial charge in [0.2, 0.25) is 0 Å². The van der Waals surface area contributed by atoms with Gasteiger partial charge in [-0.1, -0.05) is 6.08 Å². The molecule has 0 saturated heterocycles. The third-order valence-corrected chi connectivity index (χ3v) is 3.63. The summed E-state index contributed by atoms with van der Waals surface area (Å²) in [6.07, 6.45) is 9.41. The fourth-order valence-corrected chi connectivity index (χ4v) is 2.33. The van der Waals surface area contributed by atoms with E-state index in [-0.39, 0.29) is 0 Å². The number of allylic oxidation sites excluding steroid dienone is 1. The van der Waals surface area contributed by atoms with E-state index in [1.54, 1.807) is 19.2 Å². The summed E-state index contributed by atoms with van der Waals surface area (Å²) in [7, 11) is 0. The van der Waals surface area contributed by atoms with Crippen molar-refractivity contribution >= 4 is 12.4 Å². The molecule has 0 aromatic carbocycles. The molecule has 6 nitrogen and oxygen atoms in total. The number of aryl methyl sites for hydroxylation is 1. The van der Waals surface area contributed by atoms with Crippen molar-refractivity contribution in [2.45, 2.75) is 52.2 Å². The van der Waals surface area contributed by atoms with Crippen LogP contribution in [0.3, 0.4) is 0 Å². The first-order chi connectivity index (χ1) is 11.6. The Bertz CT molecular complexity index is 731. The predicted octanol–water partition coefficient (Wildman–Crippen LogP) is 3.71. The summed E-state index contributed by atoms with van der Waals surface area (Å²) in [5, 5.41) is 2.85. The molecule has 2 rings (SSSR count). The fraction of sp³-hybridized carbons (Fsp3) is 0.421. The molecule has 1 atom stereocenters. The lowest BCUT2D eigenvalue weighted by Crippen LogP contribution is -2.47. The monoisotopic (exact) mass is 344 g/mol. The standard InChI is InChI=1S/C19H24N2O4/c1-13-10-20-11-16(15(13)12-22)24-14-6-8-19(5,9-7-14)21-17(23)25-18(2,3)4/h6-8,10-12H,9H2,1-5H3,(H,21,23). The first-order valence-electron chi connectivity index (χ1n) is 8.10. The summed E-state index contributed by atoms with van der Waals surface area (Å²) in [5.41, 5.74) is 0.119. The van der Waals surface area contributed by atoms with E-state index in [0.717, 1.165) is 11.8 Å². The minimum Gasteiger partial charge on any atom is -0.455 e. The molecule has 134 valence electrons. The normalized spacial score (nSPS) is 19.8. The number of rotatable bonds is 4. The molecule has 0 aliphatic heterocycles. The van der Waals surface area contributed by atoms with E-state index < -0.39 is 17.2 Å². The Morgan fingerprint density at radius 1 is 1.36 bits per heavy atom. The van der Waals surface area contributed by atoms with Gasteiger partial charge in [-0.2, -0.15) is 0 Å². The molecule has 1 aromatic heterocycles. The van der Waals surface area contributed by atoms with Crippen LogP contribution in [0.15, 0.2) is 36.4 Å². The highest BCUT2D eigenvalue weighted by Crippen LogP contribution is 2.26. The van der Waals surface area contributed by atoms with Crippen molar-refractivity contribution in [1.82, 2.24) is 10.3 Å². The van der Waals surface area contributed by atoms with Crippen molar-refractivity contribution in [2.75, 3.05) is 0 Å². The minimum absolute atomic E-state index is 0.412. The molecule has 1 N–H and O–H groups in total. The van der Waals surface area contributed by atoms with Crippen LogP contribution in [-0.2, 0) is 4.74 Å². The van der Waals surface area contributed by atoms with Crippen molar-refractivity contribution in [3.63, 3.8) is 0 Å². The second-order valence-corrected chi connectivity index (χ2v) is 7.28. The molecule has 1 amide bonds. The number of ether oxygens (including phenoxy) is 2. The fourth-order valence-electron chi connectivity index (χ4n) is 2.33. The molecular weight excluding hydrogens is 320 g/mol. The summed E-state index contributed by atoms with van der Waals surface area (Å²) in [5.74, 6) is 1.01. The summed E-state index contributed by atoms with van der Waals surface area (Å²) in [6, 6.07) is 0. The van der Waals surface area contributed by atoms with Gasteiger partial charge in [-0.25, -0.2) is 4.79 Å². The molecule has 25 heavy (non-hydrogen) atoms. The number of hydrogen-bond acceptors (Lipinski definition) is 5. The second-order valence-electron chi connectivity index (χ2n) is 7.28. The van der Waals surface area contributed by atoms with Gasteiger partial charge in [0, 0.05) is 6.20 Å². The number of nitrogens with zero attached hydrogens (tertiary/aromatic N) is 1. The number of carbonyl (C=O) groups is 2. The number of pyridine rings is 1. The van der Waals surface area contributed by atoms with Crippen molar-refractivity contribution in [1.29, 1.82) is 0 Å². The zero-order valence-electron chi connectivity index (χ0n) is 15.3. The maximum absolute atomic E-state index is 12.0. The largest absolute Gasteiger partial charge is 0.455 e. The summed E-state index contributed by atoms with van der Waals surface area (Å²) in [4.78, 5) is 27.2. The van der Waals surface area contributed by atoms with Gasteiger partial charge >= 0.3 is 6.09 Å². The molecular formula is C19H24N2O4. The van der Waals surface area contributed by atoms with E-state index in [1.165, 1.54) is 6.20 Å². The number of alkyl carbamates (subject to hydrolysis) is 1. The Labute approximate surface area is 147 Å². The topological polar surface area (TPSA) is 77.5 Å². The summed E-state index contributed by atoms with van der Waals surface area (Å²) >= 11 is 0. The van der Waals surface area contributed by atoms with Crippen molar-refractivity contribution < 1.29 is 19.1 Å². The third kappa shape index (κ3) is 5.17. The average Bonchev–Trinajstić information content (AvgIpc) is 2.48. The van der Waals surface area contributed by atoms with Gasteiger partial charge in [0.25, 0.3) is 0 Å². The zero-order chi connectivity index (χ0) is 18.7. The Hall–Kier alpha value is -2.63. The number of amides is 1. The predicted molar refractivity (Wildman–Crippen MR) is 94.6 cm³/mol. The van der Waals surface area contributed by atoms with E-state index in [1.807, 2.05) is 39.8 Å². The van der Waals surface area contributed by atoms with Crippen LogP contribution in [-0.4, -0.2) is 28.5 Å². The van der Waals surface area contributed by atoms with Gasteiger partial charge in [0.15, 0.2) is 12.0 Å². The van der Waals surface area contributed by atoms with E-state index in [2.05, 4.69) is 10.3 Å². The Morgan fingerprint density at radius 3 is 2.64 bits per heavy atom. The Kier molecular flexibility index (Phi) is 5.30. The van der Waals surface area contributed by atoms with Crippen molar-refractivity contribution in [3.8, 4) is 5.75 Å². The van der Waals surface area contributed by atoms with Crippen LogP contribution in [0.25, 0.3) is 0 Å². The smallest absolute Gasteiger partial charge is 0.408 e. The van der Waals surface area contributed by atoms with Crippen LogP contribution in [0.2, 0.25) is 0 Å². The summed E-state index contributed by atoms with van der Waals surface area (Å²) in [6.45, 7) is 9.15. The van der Waals surface area contributed by atoms with Gasteiger partial charge in [0.05, 0.1) is 17.3 Å². The Balaban J connectivity index is 2.03. The Morgan fingerprint density at radius 2 is 2.08 bits per heavy atom. The number of nitrogens with one attached hydrogen (secondary N) is 1. The number of hydrogen-bond donors (Lipinski definition) is 1. The van der Waals surface area contributed by atoms with Gasteiger partial charge in [-0.05, 0) is 58.8 Å². The quantitative estimate of drug-likeness (QED) is 0.843. The maximum atomic E-state index is 12.0. The van der Waals surface area contributed by atoms with Crippen LogP contribution in [0.4, 0.5) is 4.79 Å². The molecule has 6 heteroatoms. The minimum atomic E-state index is -0.562. The van der Waals surface area contributed by atoms with E-state index in [9.17, 15) is 9.59 Å². The average molecular weight is 344 g/mol. The zero-order valence-corrected chi connectivity index (χ0v) is 15.3. The first-order valence-corrected chi connectivity index (χ1v) is 8.10. The molecule has 1 aromatic rings. The van der Waals surface area contributed by atoms with E-state index in [0.29, 0.717) is 23.5 Å². The highest BCUT2D eigenvalue weighted by atomic mass is 16.6. The molecule has 0 radical (unpaired) electrons. The highest BCUT2D eigenvalue weighted by Gasteiger charge is 2.28. The first kappa shape index (κ1) is 18.7. The molecule has 0 saturated carbocycles. The number of aromatic nitrogens is 1. The van der Waals surface area contributed by atoms with Crippen molar-refractivity contribution in [3.05, 3.63) is 47.5 Å². The van der Waals surface area contributed by atoms with Crippen LogP contribution in [0.5, 0.6) is 5.75 Å². The maximum Gasteiger partial charge on any atom is 0.408 e. The molecule has 0 spiro atoms. The molecule has 1 unspecified atom stereocenters. The summed E-state index contributed by atoms with van der Waals surface area (Å²) < 4.78 is 11.1. The lowest BCUT2D eigenvalue weighted by Gasteiger charge is -2.30. The second kappa shape index (κ2) is 7.09. The van der Waals surface area contributed by atoms with Gasteiger partial charge < -0.3 is 14.8 Å². The number of aldehydes is 1. The van der Waals surface area contributed by atoms with Gasteiger partial charge in [-0.15, -0.1) is 0 Å². The SMILES string of the molecule is Cc1cncc(OC2=CCC(C)(NC(=O)OC(C)(C)C)C=C2)c1C=O. The molecule has 1 aliphatic carbocycles. The van der Waals surface area contributed by atoms with Crippen LogP contribution in [0, 0.1) is 6.92 Å². The molecule has 1 heterocycles.